The molecule has 0 aromatic heterocycles. The van der Waals surface area contributed by atoms with Crippen LogP contribution in [0.2, 0.25) is 0 Å². The lowest BCUT2D eigenvalue weighted by Crippen LogP contribution is -2.10. The highest BCUT2D eigenvalue weighted by Gasteiger charge is 2.26. The van der Waals surface area contributed by atoms with Gasteiger partial charge < -0.3 is 9.84 Å². The van der Waals surface area contributed by atoms with Gasteiger partial charge in [0.2, 0.25) is 0 Å². The first-order valence-corrected chi connectivity index (χ1v) is 7.65. The Morgan fingerprint density at radius 2 is 1.83 bits per heavy atom. The Balaban J connectivity index is 2.89. The van der Waals surface area contributed by atoms with Crippen molar-refractivity contribution in [3.8, 4) is 0 Å². The van der Waals surface area contributed by atoms with E-state index in [2.05, 4.69) is 6.92 Å². The van der Waals surface area contributed by atoms with Crippen molar-refractivity contribution in [2.45, 2.75) is 39.0 Å². The molecule has 0 saturated heterocycles. The maximum absolute atomic E-state index is 11.3. The Morgan fingerprint density at radius 1 is 1.12 bits per heavy atom. The molecule has 0 aliphatic heterocycles. The quantitative estimate of drug-likeness (QED) is 0.371. The standard InChI is InChI=1S/C15H20N2O7/c1-2-3-4-5-7-24-8-6-12-13(15(18)19)9-11(16(20)21)10-14(12)17(22)23/h9-10H,2-8H2,1H3,(H,18,19). The van der Waals surface area contributed by atoms with Gasteiger partial charge in [0.1, 0.15) is 0 Å². The van der Waals surface area contributed by atoms with Crippen molar-refractivity contribution >= 4 is 17.3 Å². The van der Waals surface area contributed by atoms with E-state index in [1.165, 1.54) is 0 Å². The van der Waals surface area contributed by atoms with Gasteiger partial charge in [0.15, 0.2) is 0 Å². The van der Waals surface area contributed by atoms with Crippen LogP contribution in [0.25, 0.3) is 0 Å². The smallest absolute Gasteiger partial charge is 0.336 e. The summed E-state index contributed by atoms with van der Waals surface area (Å²) in [4.78, 5) is 31.6. The predicted molar refractivity (Wildman–Crippen MR) is 85.4 cm³/mol. The summed E-state index contributed by atoms with van der Waals surface area (Å²) in [6.07, 6.45) is 4.08. The van der Waals surface area contributed by atoms with Crippen molar-refractivity contribution in [1.82, 2.24) is 0 Å². The molecule has 0 radical (unpaired) electrons. The Labute approximate surface area is 138 Å². The monoisotopic (exact) mass is 340 g/mol. The maximum atomic E-state index is 11.3. The van der Waals surface area contributed by atoms with Crippen LogP contribution in [-0.2, 0) is 11.2 Å². The highest BCUT2D eigenvalue weighted by Crippen LogP contribution is 2.29. The number of nitrogens with zero attached hydrogens (tertiary/aromatic N) is 2. The van der Waals surface area contributed by atoms with Crippen LogP contribution in [0.4, 0.5) is 11.4 Å². The second-order valence-corrected chi connectivity index (χ2v) is 5.23. The van der Waals surface area contributed by atoms with Gasteiger partial charge in [0, 0.05) is 24.7 Å². The molecule has 0 aliphatic carbocycles. The van der Waals surface area contributed by atoms with E-state index in [4.69, 9.17) is 4.74 Å². The van der Waals surface area contributed by atoms with Crippen molar-refractivity contribution in [3.05, 3.63) is 43.5 Å². The van der Waals surface area contributed by atoms with Crippen LogP contribution in [0.3, 0.4) is 0 Å². The number of carboxylic acid groups (broad SMARTS) is 1. The first-order chi connectivity index (χ1) is 11.4. The van der Waals surface area contributed by atoms with Gasteiger partial charge in [0.25, 0.3) is 11.4 Å². The average molecular weight is 340 g/mol. The molecule has 0 bridgehead atoms. The number of rotatable bonds is 11. The predicted octanol–water partition coefficient (Wildman–Crippen LogP) is 3.34. The van der Waals surface area contributed by atoms with Crippen LogP contribution < -0.4 is 0 Å². The number of carbonyl (C=O) groups is 1. The van der Waals surface area contributed by atoms with E-state index in [9.17, 15) is 30.1 Å². The summed E-state index contributed by atoms with van der Waals surface area (Å²) in [5.41, 5.74) is -1.70. The summed E-state index contributed by atoms with van der Waals surface area (Å²) in [6, 6.07) is 1.62. The number of hydrogen-bond acceptors (Lipinski definition) is 6. The summed E-state index contributed by atoms with van der Waals surface area (Å²) in [6.45, 7) is 2.69. The van der Waals surface area contributed by atoms with E-state index in [0.29, 0.717) is 6.61 Å². The van der Waals surface area contributed by atoms with Gasteiger partial charge >= 0.3 is 5.97 Å². The number of ether oxygens (including phenoxy) is 1. The fraction of sp³-hybridized carbons (Fsp3) is 0.533. The molecule has 1 rings (SSSR count). The lowest BCUT2D eigenvalue weighted by Gasteiger charge is -2.08. The molecule has 0 saturated carbocycles. The zero-order valence-corrected chi connectivity index (χ0v) is 13.4. The number of benzene rings is 1. The van der Waals surface area contributed by atoms with E-state index in [-0.39, 0.29) is 18.6 Å². The molecule has 0 atom stereocenters. The molecule has 24 heavy (non-hydrogen) atoms. The number of nitro benzene ring substituents is 2. The van der Waals surface area contributed by atoms with Crippen molar-refractivity contribution in [2.24, 2.45) is 0 Å². The summed E-state index contributed by atoms with van der Waals surface area (Å²) in [5, 5.41) is 31.1. The molecule has 9 nitrogen and oxygen atoms in total. The van der Waals surface area contributed by atoms with Gasteiger partial charge in [-0.1, -0.05) is 26.2 Å². The highest BCUT2D eigenvalue weighted by molar-refractivity contribution is 5.91. The van der Waals surface area contributed by atoms with Crippen LogP contribution in [-0.4, -0.2) is 34.1 Å². The van der Waals surface area contributed by atoms with E-state index in [1.54, 1.807) is 0 Å². The summed E-state index contributed by atoms with van der Waals surface area (Å²) in [5.74, 6) is -1.44. The third-order valence-electron chi connectivity index (χ3n) is 3.49. The Bertz CT molecular complexity index is 581. The van der Waals surface area contributed by atoms with Crippen molar-refractivity contribution < 1.29 is 24.5 Å². The molecular formula is C15H20N2O7. The molecule has 0 heterocycles. The molecule has 9 heteroatoms. The zero-order chi connectivity index (χ0) is 18.1. The number of nitro groups is 2. The van der Waals surface area contributed by atoms with E-state index in [0.717, 1.165) is 37.8 Å². The molecular weight excluding hydrogens is 320 g/mol. The highest BCUT2D eigenvalue weighted by atomic mass is 16.6. The fourth-order valence-electron chi connectivity index (χ4n) is 2.27. The first-order valence-electron chi connectivity index (χ1n) is 7.65. The minimum atomic E-state index is -1.44. The lowest BCUT2D eigenvalue weighted by atomic mass is 10.0. The normalized spacial score (nSPS) is 10.5. The molecule has 1 aromatic rings. The number of carboxylic acids is 1. The Kier molecular flexibility index (Phi) is 7.76. The topological polar surface area (TPSA) is 133 Å². The summed E-state index contributed by atoms with van der Waals surface area (Å²) >= 11 is 0. The van der Waals surface area contributed by atoms with Gasteiger partial charge in [-0.3, -0.25) is 20.2 Å². The van der Waals surface area contributed by atoms with E-state index >= 15 is 0 Å². The maximum Gasteiger partial charge on any atom is 0.336 e. The van der Waals surface area contributed by atoms with Gasteiger partial charge in [-0.2, -0.15) is 0 Å². The lowest BCUT2D eigenvalue weighted by molar-refractivity contribution is -0.394. The first kappa shape index (κ1) is 19.5. The molecule has 0 unspecified atom stereocenters. The fourth-order valence-corrected chi connectivity index (χ4v) is 2.27. The van der Waals surface area contributed by atoms with Crippen molar-refractivity contribution in [1.29, 1.82) is 0 Å². The van der Waals surface area contributed by atoms with Crippen LogP contribution >= 0.6 is 0 Å². The number of hydrogen-bond donors (Lipinski definition) is 1. The van der Waals surface area contributed by atoms with Crippen LogP contribution in [0.1, 0.15) is 48.5 Å². The van der Waals surface area contributed by atoms with E-state index in [1.807, 2.05) is 0 Å². The summed E-state index contributed by atoms with van der Waals surface area (Å²) in [7, 11) is 0. The third-order valence-corrected chi connectivity index (χ3v) is 3.49. The molecule has 132 valence electrons. The minimum absolute atomic E-state index is 0.00369. The Hall–Kier alpha value is -2.55. The van der Waals surface area contributed by atoms with Crippen molar-refractivity contribution in [3.63, 3.8) is 0 Å². The van der Waals surface area contributed by atoms with Gasteiger partial charge in [-0.25, -0.2) is 4.79 Å². The van der Waals surface area contributed by atoms with Gasteiger partial charge in [0.05, 0.1) is 28.1 Å². The Morgan fingerprint density at radius 3 is 2.38 bits per heavy atom. The molecule has 1 aromatic carbocycles. The van der Waals surface area contributed by atoms with Crippen LogP contribution in [0.15, 0.2) is 12.1 Å². The molecule has 0 amide bonds. The molecule has 0 spiro atoms. The van der Waals surface area contributed by atoms with Crippen LogP contribution in [0, 0.1) is 20.2 Å². The van der Waals surface area contributed by atoms with Gasteiger partial charge in [-0.15, -0.1) is 0 Å². The second kappa shape index (κ2) is 9.56. The number of aromatic carboxylic acids is 1. The number of unbranched alkanes of at least 4 members (excludes halogenated alkanes) is 3. The SMILES string of the molecule is CCCCCCOCCc1c(C(=O)O)cc([N+](=O)[O-])cc1[N+](=O)[O-]. The average Bonchev–Trinajstić information content (AvgIpc) is 2.53. The molecule has 0 aliphatic rings. The van der Waals surface area contributed by atoms with E-state index < -0.39 is 32.8 Å². The second-order valence-electron chi connectivity index (χ2n) is 5.23. The largest absolute Gasteiger partial charge is 0.478 e. The van der Waals surface area contributed by atoms with Crippen molar-refractivity contribution in [2.75, 3.05) is 13.2 Å². The third kappa shape index (κ3) is 5.58. The molecule has 1 N–H and O–H groups in total. The number of non-ortho nitro benzene ring substituents is 1. The molecule has 0 fully saturated rings. The zero-order valence-electron chi connectivity index (χ0n) is 13.4. The summed E-state index contributed by atoms with van der Waals surface area (Å²) < 4.78 is 5.38. The van der Waals surface area contributed by atoms with Gasteiger partial charge in [-0.05, 0) is 6.42 Å². The van der Waals surface area contributed by atoms with Crippen LogP contribution in [0.5, 0.6) is 0 Å². The minimum Gasteiger partial charge on any atom is -0.478 e.